The van der Waals surface area contributed by atoms with Gasteiger partial charge in [0.1, 0.15) is 12.4 Å². The number of aliphatic carboxylic acids is 2. The average molecular weight is 449 g/mol. The van der Waals surface area contributed by atoms with Crippen molar-refractivity contribution in [2.45, 2.75) is 6.92 Å². The summed E-state index contributed by atoms with van der Waals surface area (Å²) in [4.78, 5) is 44.2. The molecule has 0 bridgehead atoms. The summed E-state index contributed by atoms with van der Waals surface area (Å²) < 4.78 is 5.56. The second kappa shape index (κ2) is 8.51. The Bertz CT molecular complexity index is 1350. The Hall–Kier alpha value is -3.98. The van der Waals surface area contributed by atoms with Crippen LogP contribution in [0.4, 0.5) is 5.69 Å². The van der Waals surface area contributed by atoms with Crippen LogP contribution >= 0.6 is 0 Å². The lowest BCUT2D eigenvalue weighted by Gasteiger charge is -2.20. The van der Waals surface area contributed by atoms with Crippen molar-refractivity contribution in [3.8, 4) is 5.75 Å². The molecule has 9 heteroatoms. The van der Waals surface area contributed by atoms with Crippen LogP contribution in [0.15, 0.2) is 42.0 Å². The number of pyridine rings is 1. The van der Waals surface area contributed by atoms with E-state index in [2.05, 4.69) is 0 Å². The van der Waals surface area contributed by atoms with Gasteiger partial charge in [0.05, 0.1) is 27.9 Å². The Morgan fingerprint density at radius 1 is 1.18 bits per heavy atom. The first kappa shape index (κ1) is 22.2. The molecule has 4 rings (SSSR count). The summed E-state index contributed by atoms with van der Waals surface area (Å²) in [5, 5.41) is 19.4. The molecule has 1 aliphatic rings. The van der Waals surface area contributed by atoms with E-state index >= 15 is 0 Å². The van der Waals surface area contributed by atoms with Crippen molar-refractivity contribution < 1.29 is 29.3 Å². The normalized spacial score (nSPS) is 13.4. The van der Waals surface area contributed by atoms with Gasteiger partial charge in [-0.05, 0) is 50.8 Å². The zero-order chi connectivity index (χ0) is 23.9. The van der Waals surface area contributed by atoms with Crippen LogP contribution in [0.5, 0.6) is 5.75 Å². The SMILES string of the molecule is Cc1ccc2c3c(c4cc(OC/C(=C\C(=O)O)C(=O)O)ccc4nc13)C(=O)N2CCN(C)C. The summed E-state index contributed by atoms with van der Waals surface area (Å²) in [5.41, 5.74) is 3.31. The van der Waals surface area contributed by atoms with E-state index in [0.29, 0.717) is 41.4 Å². The molecule has 1 aromatic heterocycles. The summed E-state index contributed by atoms with van der Waals surface area (Å²) >= 11 is 0. The van der Waals surface area contributed by atoms with Crippen molar-refractivity contribution in [3.63, 3.8) is 0 Å². The van der Waals surface area contributed by atoms with Gasteiger partial charge >= 0.3 is 11.9 Å². The number of aryl methyl sites for hydroxylation is 1. The van der Waals surface area contributed by atoms with E-state index in [9.17, 15) is 19.5 Å². The van der Waals surface area contributed by atoms with Crippen LogP contribution in [0.3, 0.4) is 0 Å². The van der Waals surface area contributed by atoms with Gasteiger partial charge in [-0.15, -0.1) is 0 Å². The molecular weight excluding hydrogens is 426 g/mol. The largest absolute Gasteiger partial charge is 0.489 e. The highest BCUT2D eigenvalue weighted by Crippen LogP contribution is 2.42. The maximum Gasteiger partial charge on any atom is 0.335 e. The third-order valence-corrected chi connectivity index (χ3v) is 5.56. The molecule has 1 aliphatic heterocycles. The van der Waals surface area contributed by atoms with Crippen LogP contribution in [0.2, 0.25) is 0 Å². The highest BCUT2D eigenvalue weighted by Gasteiger charge is 2.33. The van der Waals surface area contributed by atoms with E-state index in [-0.39, 0.29) is 5.91 Å². The smallest absolute Gasteiger partial charge is 0.335 e. The molecule has 2 N–H and O–H groups in total. The Kier molecular flexibility index (Phi) is 5.73. The number of ether oxygens (including phenoxy) is 1. The first-order valence-corrected chi connectivity index (χ1v) is 10.3. The van der Waals surface area contributed by atoms with Crippen LogP contribution in [0.25, 0.3) is 21.8 Å². The van der Waals surface area contributed by atoms with Gasteiger partial charge in [0.15, 0.2) is 0 Å². The number of hydrogen-bond donors (Lipinski definition) is 2. The van der Waals surface area contributed by atoms with Crippen LogP contribution in [0.1, 0.15) is 15.9 Å². The third kappa shape index (κ3) is 4.10. The van der Waals surface area contributed by atoms with Gasteiger partial charge in [0.2, 0.25) is 0 Å². The van der Waals surface area contributed by atoms with E-state index in [4.69, 9.17) is 14.8 Å². The number of carbonyl (C=O) groups excluding carboxylic acids is 1. The lowest BCUT2D eigenvalue weighted by molar-refractivity contribution is -0.135. The van der Waals surface area contributed by atoms with E-state index in [0.717, 1.165) is 22.2 Å². The average Bonchev–Trinajstić information content (AvgIpc) is 3.04. The van der Waals surface area contributed by atoms with Crippen LogP contribution in [-0.2, 0) is 9.59 Å². The Morgan fingerprint density at radius 3 is 2.61 bits per heavy atom. The lowest BCUT2D eigenvalue weighted by Crippen LogP contribution is -2.34. The second-order valence-corrected chi connectivity index (χ2v) is 8.15. The lowest BCUT2D eigenvalue weighted by atomic mass is 10.0. The van der Waals surface area contributed by atoms with Gasteiger partial charge in [-0.3, -0.25) is 4.79 Å². The highest BCUT2D eigenvalue weighted by atomic mass is 16.5. The molecule has 2 heterocycles. The Balaban J connectivity index is 1.79. The molecule has 0 saturated heterocycles. The van der Waals surface area contributed by atoms with Crippen molar-refractivity contribution in [1.82, 2.24) is 9.88 Å². The molecule has 1 amide bonds. The number of fused-ring (bicyclic) bond motifs is 2. The van der Waals surface area contributed by atoms with E-state index in [1.54, 1.807) is 23.1 Å². The van der Waals surface area contributed by atoms with Gasteiger partial charge in [-0.1, -0.05) is 6.07 Å². The molecule has 170 valence electrons. The quantitative estimate of drug-likeness (QED) is 0.398. The summed E-state index contributed by atoms with van der Waals surface area (Å²) in [6.45, 7) is 2.74. The number of likely N-dealkylation sites (N-methyl/N-ethyl adjacent to an activating group) is 1. The maximum absolute atomic E-state index is 13.5. The first-order chi connectivity index (χ1) is 15.7. The second-order valence-electron chi connectivity index (χ2n) is 8.15. The van der Waals surface area contributed by atoms with E-state index in [1.807, 2.05) is 38.1 Å². The minimum Gasteiger partial charge on any atom is -0.489 e. The van der Waals surface area contributed by atoms with Gasteiger partial charge in [0, 0.05) is 29.9 Å². The number of hydrogen-bond acceptors (Lipinski definition) is 6. The number of amides is 1. The van der Waals surface area contributed by atoms with Crippen molar-refractivity contribution in [3.05, 3.63) is 53.1 Å². The molecule has 3 aromatic rings. The molecule has 0 atom stereocenters. The minimum atomic E-state index is -1.38. The summed E-state index contributed by atoms with van der Waals surface area (Å²) in [7, 11) is 3.90. The number of carboxylic acids is 2. The maximum atomic E-state index is 13.5. The predicted octanol–water partition coefficient (Wildman–Crippen LogP) is 2.69. The van der Waals surface area contributed by atoms with E-state index < -0.39 is 24.1 Å². The molecule has 0 saturated carbocycles. The highest BCUT2D eigenvalue weighted by molar-refractivity contribution is 6.30. The summed E-state index contributed by atoms with van der Waals surface area (Å²) in [5.74, 6) is -2.56. The molecule has 0 radical (unpaired) electrons. The topological polar surface area (TPSA) is 120 Å². The Labute approximate surface area is 189 Å². The number of carbonyl (C=O) groups is 3. The van der Waals surface area contributed by atoms with Crippen molar-refractivity contribution in [1.29, 1.82) is 0 Å². The van der Waals surface area contributed by atoms with Crippen molar-refractivity contribution >= 4 is 45.3 Å². The molecule has 33 heavy (non-hydrogen) atoms. The monoisotopic (exact) mass is 449 g/mol. The van der Waals surface area contributed by atoms with E-state index in [1.165, 1.54) is 0 Å². The van der Waals surface area contributed by atoms with Gasteiger partial charge in [0.25, 0.3) is 5.91 Å². The van der Waals surface area contributed by atoms with Gasteiger partial charge in [-0.2, -0.15) is 0 Å². The molecular formula is C24H23N3O6. The molecule has 9 nitrogen and oxygen atoms in total. The molecule has 0 fully saturated rings. The molecule has 0 unspecified atom stereocenters. The number of aromatic nitrogens is 1. The first-order valence-electron chi connectivity index (χ1n) is 10.3. The van der Waals surface area contributed by atoms with Crippen LogP contribution in [-0.4, -0.2) is 71.7 Å². The van der Waals surface area contributed by atoms with Gasteiger partial charge < -0.3 is 24.7 Å². The molecule has 0 aliphatic carbocycles. The molecule has 0 spiro atoms. The van der Waals surface area contributed by atoms with Gasteiger partial charge in [-0.25, -0.2) is 14.6 Å². The molecule has 2 aromatic carbocycles. The van der Waals surface area contributed by atoms with Crippen LogP contribution in [0, 0.1) is 6.92 Å². The zero-order valence-electron chi connectivity index (χ0n) is 18.5. The van der Waals surface area contributed by atoms with Crippen LogP contribution < -0.4 is 9.64 Å². The fourth-order valence-corrected chi connectivity index (χ4v) is 3.92. The summed E-state index contributed by atoms with van der Waals surface area (Å²) in [6.07, 6.45) is 0.596. The number of rotatable bonds is 8. The third-order valence-electron chi connectivity index (χ3n) is 5.56. The predicted molar refractivity (Wildman–Crippen MR) is 123 cm³/mol. The summed E-state index contributed by atoms with van der Waals surface area (Å²) in [6, 6.07) is 8.88. The number of benzene rings is 2. The fourth-order valence-electron chi connectivity index (χ4n) is 3.92. The van der Waals surface area contributed by atoms with Crippen molar-refractivity contribution in [2.24, 2.45) is 0 Å². The standard InChI is InChI=1S/C24H23N3O6/c1-13-4-7-18-21-20(23(30)27(18)9-8-26(2)3)16-11-15(5-6-17(16)25-22(13)21)33-12-14(24(31)32)10-19(28)29/h4-7,10-11H,8-9,12H2,1-3H3,(H,28,29)(H,31,32)/b14-10+. The fraction of sp³-hybridized carbons (Fsp3) is 0.250. The zero-order valence-corrected chi connectivity index (χ0v) is 18.5. The number of anilines is 1. The van der Waals surface area contributed by atoms with Crippen molar-refractivity contribution in [2.75, 3.05) is 38.7 Å². The Morgan fingerprint density at radius 2 is 1.94 bits per heavy atom. The number of nitrogens with zero attached hydrogens (tertiary/aromatic N) is 3. The number of carboxylic acid groups (broad SMARTS) is 2. The minimum absolute atomic E-state index is 0.121.